The van der Waals surface area contributed by atoms with Gasteiger partial charge in [0, 0.05) is 44.5 Å². The number of carbonyl (C=O) groups excluding carboxylic acids is 2. The number of amides is 2. The Labute approximate surface area is 155 Å². The zero-order valence-corrected chi connectivity index (χ0v) is 15.4. The van der Waals surface area contributed by atoms with E-state index >= 15 is 0 Å². The van der Waals surface area contributed by atoms with Gasteiger partial charge in [0.2, 0.25) is 0 Å². The molecule has 26 heavy (non-hydrogen) atoms. The van der Waals surface area contributed by atoms with Crippen molar-refractivity contribution in [2.75, 3.05) is 20.6 Å². The molecule has 2 amide bonds. The van der Waals surface area contributed by atoms with Crippen molar-refractivity contribution in [2.24, 2.45) is 0 Å². The molecule has 0 saturated carbocycles. The highest BCUT2D eigenvalue weighted by Gasteiger charge is 2.26. The van der Waals surface area contributed by atoms with Gasteiger partial charge in [0.05, 0.1) is 16.0 Å². The van der Waals surface area contributed by atoms with Gasteiger partial charge < -0.3 is 9.80 Å². The second kappa shape index (κ2) is 6.49. The van der Waals surface area contributed by atoms with Gasteiger partial charge in [-0.15, -0.1) is 11.3 Å². The van der Waals surface area contributed by atoms with Gasteiger partial charge in [-0.25, -0.2) is 0 Å². The van der Waals surface area contributed by atoms with E-state index in [-0.39, 0.29) is 11.8 Å². The zero-order valence-electron chi connectivity index (χ0n) is 14.6. The Morgan fingerprint density at radius 1 is 1.19 bits per heavy atom. The Hall–Kier alpha value is -2.80. The smallest absolute Gasteiger partial charge is 0.263 e. The highest BCUT2D eigenvalue weighted by atomic mass is 32.1. The number of carbonyl (C=O) groups is 2. The molecular weight excluding hydrogens is 348 g/mol. The maximum Gasteiger partial charge on any atom is 0.263 e. The van der Waals surface area contributed by atoms with Crippen molar-refractivity contribution in [1.82, 2.24) is 19.8 Å². The van der Waals surface area contributed by atoms with Crippen molar-refractivity contribution in [3.63, 3.8) is 0 Å². The quantitative estimate of drug-likeness (QED) is 0.699. The molecule has 0 bridgehead atoms. The van der Waals surface area contributed by atoms with E-state index in [0.29, 0.717) is 29.7 Å². The van der Waals surface area contributed by atoms with Crippen molar-refractivity contribution in [3.8, 4) is 0 Å². The van der Waals surface area contributed by atoms with E-state index in [1.807, 2.05) is 23.1 Å². The molecule has 0 N–H and O–H groups in total. The second-order valence-electron chi connectivity index (χ2n) is 6.46. The number of aromatic nitrogens is 2. The highest BCUT2D eigenvalue weighted by molar-refractivity contribution is 7.14. The minimum absolute atomic E-state index is 0.00612. The lowest BCUT2D eigenvalue weighted by Crippen LogP contribution is -2.35. The molecule has 7 heteroatoms. The minimum atomic E-state index is -0.0477. The first-order chi connectivity index (χ1) is 12.5. The molecule has 6 nitrogen and oxygen atoms in total. The first-order valence-electron chi connectivity index (χ1n) is 8.37. The molecule has 1 aliphatic heterocycles. The van der Waals surface area contributed by atoms with E-state index in [4.69, 9.17) is 0 Å². The molecule has 1 aliphatic rings. The van der Waals surface area contributed by atoms with Crippen LogP contribution in [0.25, 0.3) is 11.0 Å². The first-order valence-corrected chi connectivity index (χ1v) is 9.18. The average Bonchev–Trinajstić information content (AvgIpc) is 3.09. The summed E-state index contributed by atoms with van der Waals surface area (Å²) >= 11 is 1.53. The number of nitrogens with zero attached hydrogens (tertiary/aromatic N) is 4. The van der Waals surface area contributed by atoms with Crippen LogP contribution in [0.5, 0.6) is 0 Å². The van der Waals surface area contributed by atoms with Gasteiger partial charge in [0.1, 0.15) is 5.52 Å². The van der Waals surface area contributed by atoms with Gasteiger partial charge in [-0.1, -0.05) is 6.07 Å². The number of hydrogen-bond donors (Lipinski definition) is 0. The monoisotopic (exact) mass is 366 g/mol. The number of fused-ring (bicyclic) bond motifs is 2. The average molecular weight is 366 g/mol. The predicted molar refractivity (Wildman–Crippen MR) is 100 cm³/mol. The minimum Gasteiger partial charge on any atom is -0.344 e. The Morgan fingerprint density at radius 3 is 2.81 bits per heavy atom. The number of hydrogen-bond acceptors (Lipinski definition) is 5. The van der Waals surface area contributed by atoms with Crippen LogP contribution in [0, 0.1) is 0 Å². The van der Waals surface area contributed by atoms with Crippen LogP contribution in [0.4, 0.5) is 0 Å². The lowest BCUT2D eigenvalue weighted by molar-refractivity contribution is 0.0737. The fourth-order valence-corrected chi connectivity index (χ4v) is 4.35. The third-order valence-corrected chi connectivity index (χ3v) is 5.72. The van der Waals surface area contributed by atoms with Crippen molar-refractivity contribution in [1.29, 1.82) is 0 Å². The maximum atomic E-state index is 13.1. The van der Waals surface area contributed by atoms with Gasteiger partial charge in [-0.3, -0.25) is 19.6 Å². The second-order valence-corrected chi connectivity index (χ2v) is 7.60. The lowest BCUT2D eigenvalue weighted by atomic mass is 10.1. The summed E-state index contributed by atoms with van der Waals surface area (Å²) in [4.78, 5) is 39.2. The molecule has 132 valence electrons. The van der Waals surface area contributed by atoms with Crippen LogP contribution in [-0.2, 0) is 13.0 Å². The fourth-order valence-electron chi connectivity index (χ4n) is 3.17. The van der Waals surface area contributed by atoms with E-state index < -0.39 is 0 Å². The third kappa shape index (κ3) is 2.84. The molecule has 4 rings (SSSR count). The topological polar surface area (TPSA) is 66.4 Å². The molecule has 0 spiro atoms. The molecule has 0 radical (unpaired) electrons. The van der Waals surface area contributed by atoms with Crippen LogP contribution in [0.2, 0.25) is 0 Å². The van der Waals surface area contributed by atoms with E-state index in [2.05, 4.69) is 9.97 Å². The molecule has 0 saturated heterocycles. The third-order valence-electron chi connectivity index (χ3n) is 4.50. The Morgan fingerprint density at radius 2 is 2.00 bits per heavy atom. The number of benzene rings is 1. The summed E-state index contributed by atoms with van der Waals surface area (Å²) in [5, 5.41) is 0. The van der Waals surface area contributed by atoms with Gasteiger partial charge in [-0.05, 0) is 30.2 Å². The molecule has 3 aromatic rings. The van der Waals surface area contributed by atoms with Crippen LogP contribution >= 0.6 is 11.3 Å². The molecule has 2 aromatic heterocycles. The Bertz CT molecular complexity index is 1010. The highest BCUT2D eigenvalue weighted by Crippen LogP contribution is 2.30. The maximum absolute atomic E-state index is 13.1. The summed E-state index contributed by atoms with van der Waals surface area (Å²) in [6, 6.07) is 7.40. The Balaban J connectivity index is 1.62. The molecule has 0 aliphatic carbocycles. The Kier molecular flexibility index (Phi) is 4.16. The van der Waals surface area contributed by atoms with Gasteiger partial charge in [0.25, 0.3) is 11.8 Å². The molecule has 0 fully saturated rings. The predicted octanol–water partition coefficient (Wildman–Crippen LogP) is 2.59. The fraction of sp³-hybridized carbons (Fsp3) is 0.263. The van der Waals surface area contributed by atoms with Crippen molar-refractivity contribution in [3.05, 3.63) is 57.5 Å². The first kappa shape index (κ1) is 16.7. The standard InChI is InChI=1S/C19H18N4O2S/c1-22(2)19(25)16-10-12-11-23(9-6-15(12)26-16)18(24)13-4-3-5-14-17(13)21-8-7-20-14/h3-5,7-8,10H,6,9,11H2,1-2H3. The summed E-state index contributed by atoms with van der Waals surface area (Å²) in [6.45, 7) is 1.15. The van der Waals surface area contributed by atoms with Gasteiger partial charge in [0.15, 0.2) is 0 Å². The van der Waals surface area contributed by atoms with E-state index in [9.17, 15) is 9.59 Å². The van der Waals surface area contributed by atoms with E-state index in [0.717, 1.165) is 16.9 Å². The van der Waals surface area contributed by atoms with Crippen LogP contribution in [0.1, 0.15) is 30.5 Å². The largest absolute Gasteiger partial charge is 0.344 e. The molecule has 0 atom stereocenters. The van der Waals surface area contributed by atoms with Crippen molar-refractivity contribution >= 4 is 34.2 Å². The SMILES string of the molecule is CN(C)C(=O)c1cc2c(s1)CCN(C(=O)c1cccc3nccnc13)C2. The molecular formula is C19H18N4O2S. The number of para-hydroxylation sites is 1. The summed E-state index contributed by atoms with van der Waals surface area (Å²) < 4.78 is 0. The van der Waals surface area contributed by atoms with Crippen LogP contribution in [0.15, 0.2) is 36.7 Å². The molecule has 0 unspecified atom stereocenters. The summed E-state index contributed by atoms with van der Waals surface area (Å²) in [7, 11) is 3.50. The molecule has 3 heterocycles. The van der Waals surface area contributed by atoms with Crippen LogP contribution < -0.4 is 0 Å². The van der Waals surface area contributed by atoms with Crippen LogP contribution in [0.3, 0.4) is 0 Å². The summed E-state index contributed by atoms with van der Waals surface area (Å²) in [5.41, 5.74) is 2.97. The van der Waals surface area contributed by atoms with E-state index in [1.165, 1.54) is 16.2 Å². The molecule has 1 aromatic carbocycles. The zero-order chi connectivity index (χ0) is 18.3. The number of thiophene rings is 1. The van der Waals surface area contributed by atoms with E-state index in [1.54, 1.807) is 37.5 Å². The van der Waals surface area contributed by atoms with Crippen molar-refractivity contribution < 1.29 is 9.59 Å². The van der Waals surface area contributed by atoms with Crippen LogP contribution in [-0.4, -0.2) is 52.2 Å². The summed E-state index contributed by atoms with van der Waals surface area (Å²) in [6.07, 6.45) is 3.99. The van der Waals surface area contributed by atoms with Gasteiger partial charge >= 0.3 is 0 Å². The number of rotatable bonds is 2. The van der Waals surface area contributed by atoms with Gasteiger partial charge in [-0.2, -0.15) is 0 Å². The lowest BCUT2D eigenvalue weighted by Gasteiger charge is -2.27. The summed E-state index contributed by atoms with van der Waals surface area (Å²) in [5.74, 6) is -0.0416. The normalized spacial score (nSPS) is 13.5. The van der Waals surface area contributed by atoms with Crippen molar-refractivity contribution in [2.45, 2.75) is 13.0 Å².